The zero-order valence-electron chi connectivity index (χ0n) is 12.7. The first kappa shape index (κ1) is 14.7. The van der Waals surface area contributed by atoms with E-state index in [1.165, 1.54) is 29.4 Å². The molecule has 2 aromatic heterocycles. The van der Waals surface area contributed by atoms with Gasteiger partial charge in [0.2, 0.25) is 0 Å². The molecule has 1 aliphatic rings. The number of nitrogen functional groups attached to an aromatic ring is 1. The van der Waals surface area contributed by atoms with Gasteiger partial charge in [0.1, 0.15) is 10.8 Å². The number of nitrogens with zero attached hydrogens (tertiary/aromatic N) is 4. The Hall–Kier alpha value is -1.18. The van der Waals surface area contributed by atoms with Crippen LogP contribution in [0.25, 0.3) is 11.3 Å². The number of nitrogens with two attached hydrogens (primary N) is 1. The Morgan fingerprint density at radius 3 is 2.62 bits per heavy atom. The van der Waals surface area contributed by atoms with Crippen molar-refractivity contribution in [2.24, 2.45) is 0 Å². The third kappa shape index (κ3) is 2.90. The molecule has 5 nitrogen and oxygen atoms in total. The Balaban J connectivity index is 1.84. The molecule has 0 aromatic carbocycles. The van der Waals surface area contributed by atoms with E-state index in [-0.39, 0.29) is 0 Å². The number of anilines is 2. The van der Waals surface area contributed by atoms with Gasteiger partial charge in [0, 0.05) is 24.5 Å². The molecular formula is C14H21N5S2. The molecule has 7 heteroatoms. The van der Waals surface area contributed by atoms with Crippen molar-refractivity contribution in [2.75, 3.05) is 37.8 Å². The molecule has 114 valence electrons. The van der Waals surface area contributed by atoms with E-state index in [1.807, 2.05) is 6.92 Å². The number of aryl methyl sites for hydroxylation is 1. The van der Waals surface area contributed by atoms with Gasteiger partial charge >= 0.3 is 0 Å². The van der Waals surface area contributed by atoms with Crippen LogP contribution in [0.1, 0.15) is 17.8 Å². The maximum Gasteiger partial charge on any atom is 0.148 e. The summed E-state index contributed by atoms with van der Waals surface area (Å²) in [5.74, 6) is 0.607. The Labute approximate surface area is 133 Å². The van der Waals surface area contributed by atoms with Crippen LogP contribution in [-0.2, 0) is 0 Å². The third-order valence-corrected chi connectivity index (χ3v) is 5.75. The van der Waals surface area contributed by atoms with Crippen molar-refractivity contribution < 1.29 is 0 Å². The predicted octanol–water partition coefficient (Wildman–Crippen LogP) is 2.69. The Morgan fingerprint density at radius 2 is 2.05 bits per heavy atom. The van der Waals surface area contributed by atoms with E-state index in [0.29, 0.717) is 11.9 Å². The molecule has 0 saturated carbocycles. The normalized spacial score (nSPS) is 16.9. The number of rotatable bonds is 3. The van der Waals surface area contributed by atoms with Gasteiger partial charge in [-0.05, 0) is 45.4 Å². The van der Waals surface area contributed by atoms with Crippen molar-refractivity contribution in [1.29, 1.82) is 0 Å². The molecule has 0 spiro atoms. The predicted molar refractivity (Wildman–Crippen MR) is 91.3 cm³/mol. The number of aromatic nitrogens is 2. The first-order valence-electron chi connectivity index (χ1n) is 7.15. The molecule has 0 amide bonds. The fraction of sp³-hybridized carbons (Fsp3) is 0.571. The van der Waals surface area contributed by atoms with Gasteiger partial charge in [-0.1, -0.05) is 0 Å². The van der Waals surface area contributed by atoms with E-state index in [0.717, 1.165) is 29.4 Å². The van der Waals surface area contributed by atoms with Crippen molar-refractivity contribution in [3.05, 3.63) is 10.4 Å². The Morgan fingerprint density at radius 1 is 1.33 bits per heavy atom. The smallest absolute Gasteiger partial charge is 0.148 e. The van der Waals surface area contributed by atoms with Crippen molar-refractivity contribution in [3.8, 4) is 11.3 Å². The van der Waals surface area contributed by atoms with Gasteiger partial charge in [0.25, 0.3) is 0 Å². The molecule has 0 radical (unpaired) electrons. The Kier molecular flexibility index (Phi) is 4.14. The van der Waals surface area contributed by atoms with Crippen molar-refractivity contribution in [1.82, 2.24) is 14.3 Å². The molecule has 3 rings (SSSR count). The van der Waals surface area contributed by atoms with Gasteiger partial charge < -0.3 is 15.5 Å². The number of piperidine rings is 1. The maximum absolute atomic E-state index is 6.09. The summed E-state index contributed by atoms with van der Waals surface area (Å²) in [7, 11) is 4.32. The van der Waals surface area contributed by atoms with Gasteiger partial charge in [-0.25, -0.2) is 4.98 Å². The first-order chi connectivity index (χ1) is 10.1. The second-order valence-electron chi connectivity index (χ2n) is 5.68. The monoisotopic (exact) mass is 323 g/mol. The number of hydrogen-bond donors (Lipinski definition) is 1. The zero-order chi connectivity index (χ0) is 15.0. The summed E-state index contributed by atoms with van der Waals surface area (Å²) >= 11 is 3.15. The highest BCUT2D eigenvalue weighted by Gasteiger charge is 2.26. The summed E-state index contributed by atoms with van der Waals surface area (Å²) in [6, 6.07) is 0.677. The molecule has 2 aromatic rings. The summed E-state index contributed by atoms with van der Waals surface area (Å²) in [5, 5.41) is 4.31. The molecule has 0 atom stereocenters. The van der Waals surface area contributed by atoms with Crippen LogP contribution in [0, 0.1) is 6.92 Å². The molecule has 21 heavy (non-hydrogen) atoms. The second kappa shape index (κ2) is 5.90. The molecule has 1 aliphatic heterocycles. The van der Waals surface area contributed by atoms with E-state index < -0.39 is 0 Å². The summed E-state index contributed by atoms with van der Waals surface area (Å²) in [6.07, 6.45) is 2.36. The largest absolute Gasteiger partial charge is 0.382 e. The highest BCUT2D eigenvalue weighted by atomic mass is 32.1. The lowest BCUT2D eigenvalue weighted by Gasteiger charge is -2.35. The first-order valence-corrected chi connectivity index (χ1v) is 8.80. The topological polar surface area (TPSA) is 58.3 Å². The van der Waals surface area contributed by atoms with Crippen LogP contribution in [0.5, 0.6) is 0 Å². The van der Waals surface area contributed by atoms with Crippen LogP contribution < -0.4 is 10.6 Å². The van der Waals surface area contributed by atoms with Gasteiger partial charge in [-0.3, -0.25) is 0 Å². The van der Waals surface area contributed by atoms with Gasteiger partial charge in [-0.15, -0.1) is 11.3 Å². The minimum atomic E-state index is 0.607. The van der Waals surface area contributed by atoms with Gasteiger partial charge in [0.05, 0.1) is 16.3 Å². The summed E-state index contributed by atoms with van der Waals surface area (Å²) in [6.45, 7) is 4.13. The maximum atomic E-state index is 6.09. The van der Waals surface area contributed by atoms with E-state index in [2.05, 4.69) is 38.6 Å². The lowest BCUT2D eigenvalue weighted by atomic mass is 10.0. The fourth-order valence-corrected chi connectivity index (χ4v) is 4.29. The molecule has 1 fully saturated rings. The van der Waals surface area contributed by atoms with Crippen molar-refractivity contribution in [3.63, 3.8) is 0 Å². The summed E-state index contributed by atoms with van der Waals surface area (Å²) < 4.78 is 4.36. The highest BCUT2D eigenvalue weighted by Crippen LogP contribution is 2.40. The highest BCUT2D eigenvalue weighted by molar-refractivity contribution is 7.11. The molecule has 0 bridgehead atoms. The second-order valence-corrected chi connectivity index (χ2v) is 7.50. The standard InChI is InChI=1S/C14H21N5S2/c1-9-16-11(8-20-9)12-13(15)17-21-14(12)19-6-4-10(5-7-19)18(2)3/h8,10H,4-7H2,1-3H3,(H2,15,17). The van der Waals surface area contributed by atoms with Gasteiger partial charge in [-0.2, -0.15) is 4.37 Å². The van der Waals surface area contributed by atoms with Crippen LogP contribution in [0.2, 0.25) is 0 Å². The van der Waals surface area contributed by atoms with Crippen LogP contribution in [-0.4, -0.2) is 47.5 Å². The molecule has 0 unspecified atom stereocenters. The van der Waals surface area contributed by atoms with Crippen LogP contribution in [0.4, 0.5) is 10.8 Å². The van der Waals surface area contributed by atoms with Crippen LogP contribution in [0.15, 0.2) is 5.38 Å². The number of hydrogen-bond acceptors (Lipinski definition) is 7. The van der Waals surface area contributed by atoms with E-state index in [9.17, 15) is 0 Å². The minimum absolute atomic E-state index is 0.607. The van der Waals surface area contributed by atoms with Crippen molar-refractivity contribution in [2.45, 2.75) is 25.8 Å². The quantitative estimate of drug-likeness (QED) is 0.941. The molecular weight excluding hydrogens is 302 g/mol. The van der Waals surface area contributed by atoms with E-state index >= 15 is 0 Å². The SMILES string of the molecule is Cc1nc(-c2c(N)nsc2N2CCC(N(C)C)CC2)cs1. The van der Waals surface area contributed by atoms with E-state index in [1.54, 1.807) is 11.3 Å². The average Bonchev–Trinajstić information content (AvgIpc) is 3.04. The molecule has 1 saturated heterocycles. The fourth-order valence-electron chi connectivity index (χ4n) is 2.81. The molecule has 2 N–H and O–H groups in total. The summed E-state index contributed by atoms with van der Waals surface area (Å²) in [5.41, 5.74) is 8.08. The molecule has 0 aliphatic carbocycles. The van der Waals surface area contributed by atoms with E-state index in [4.69, 9.17) is 5.73 Å². The van der Waals surface area contributed by atoms with Crippen LogP contribution >= 0.6 is 22.9 Å². The average molecular weight is 323 g/mol. The third-order valence-electron chi connectivity index (χ3n) is 4.06. The van der Waals surface area contributed by atoms with Crippen LogP contribution in [0.3, 0.4) is 0 Å². The zero-order valence-corrected chi connectivity index (χ0v) is 14.3. The minimum Gasteiger partial charge on any atom is -0.382 e. The lowest BCUT2D eigenvalue weighted by Crippen LogP contribution is -2.41. The number of thiazole rings is 1. The van der Waals surface area contributed by atoms with Gasteiger partial charge in [0.15, 0.2) is 0 Å². The summed E-state index contributed by atoms with van der Waals surface area (Å²) in [4.78, 5) is 9.32. The van der Waals surface area contributed by atoms with Crippen molar-refractivity contribution >= 4 is 33.7 Å². The Bertz CT molecular complexity index is 611. The molecule has 3 heterocycles. The lowest BCUT2D eigenvalue weighted by molar-refractivity contribution is 0.250.